The van der Waals surface area contributed by atoms with Gasteiger partial charge in [0.15, 0.2) is 0 Å². The first kappa shape index (κ1) is 26.3. The third-order valence-corrected chi connectivity index (χ3v) is 5.40. The number of carbonyl (C=O) groups is 2. The molecular weight excluding hydrogens is 426 g/mol. The quantitative estimate of drug-likeness (QED) is 0.224. The lowest BCUT2D eigenvalue weighted by atomic mass is 10.0. The van der Waals surface area contributed by atoms with E-state index in [0.29, 0.717) is 28.9 Å². The van der Waals surface area contributed by atoms with Crippen molar-refractivity contribution in [1.82, 2.24) is 0 Å². The molecule has 3 N–H and O–H groups in total. The highest BCUT2D eigenvalue weighted by molar-refractivity contribution is 6.09. The van der Waals surface area contributed by atoms with Crippen molar-refractivity contribution in [2.45, 2.75) is 40.5 Å². The molecule has 0 aliphatic carbocycles. The summed E-state index contributed by atoms with van der Waals surface area (Å²) in [4.78, 5) is 29.2. The number of hydrogen-bond acceptors (Lipinski definition) is 5. The second kappa shape index (κ2) is 12.3. The van der Waals surface area contributed by atoms with Gasteiger partial charge in [0.25, 0.3) is 5.91 Å². The molecule has 0 spiro atoms. The summed E-state index contributed by atoms with van der Waals surface area (Å²) in [6.07, 6.45) is 6.63. The van der Waals surface area contributed by atoms with Gasteiger partial charge in [0.1, 0.15) is 0 Å². The van der Waals surface area contributed by atoms with Gasteiger partial charge in [-0.25, -0.2) is 4.79 Å². The maximum absolute atomic E-state index is 12.7. The summed E-state index contributed by atoms with van der Waals surface area (Å²) in [5.74, 6) is -0.883. The van der Waals surface area contributed by atoms with Crippen LogP contribution in [0, 0.1) is 13.8 Å². The number of amides is 1. The molecular formula is C28H33N3O3. The van der Waals surface area contributed by atoms with Crippen LogP contribution in [-0.4, -0.2) is 24.7 Å². The number of aliphatic imine (C=N–C) groups is 1. The van der Waals surface area contributed by atoms with Crippen molar-refractivity contribution in [3.8, 4) is 0 Å². The highest BCUT2D eigenvalue weighted by Crippen LogP contribution is 2.22. The lowest BCUT2D eigenvalue weighted by Crippen LogP contribution is -2.21. The molecule has 6 heteroatoms. The van der Waals surface area contributed by atoms with Gasteiger partial charge in [-0.15, -0.1) is 0 Å². The Morgan fingerprint density at radius 3 is 2.44 bits per heavy atom. The van der Waals surface area contributed by atoms with E-state index in [2.05, 4.69) is 37.9 Å². The smallest absolute Gasteiger partial charge is 0.338 e. The Balaban J connectivity index is 2.29. The van der Waals surface area contributed by atoms with Crippen LogP contribution >= 0.6 is 0 Å². The van der Waals surface area contributed by atoms with Crippen LogP contribution in [0.5, 0.6) is 0 Å². The molecule has 2 aromatic rings. The normalized spacial score (nSPS) is 12.3. The molecule has 34 heavy (non-hydrogen) atoms. The lowest BCUT2D eigenvalue weighted by molar-refractivity contribution is -0.112. The van der Waals surface area contributed by atoms with Gasteiger partial charge in [-0.05, 0) is 79.8 Å². The molecule has 0 aliphatic rings. The largest absolute Gasteiger partial charge is 0.465 e. The van der Waals surface area contributed by atoms with E-state index in [1.165, 1.54) is 18.2 Å². The van der Waals surface area contributed by atoms with Crippen LogP contribution in [0.2, 0.25) is 0 Å². The Hall–Kier alpha value is -3.93. The number of nitrogens with one attached hydrogen (secondary N) is 1. The lowest BCUT2D eigenvalue weighted by Gasteiger charge is -2.10. The molecule has 0 fully saturated rings. The van der Waals surface area contributed by atoms with E-state index in [1.54, 1.807) is 37.3 Å². The van der Waals surface area contributed by atoms with Crippen molar-refractivity contribution in [3.05, 3.63) is 94.7 Å². The molecule has 2 aromatic carbocycles. The maximum Gasteiger partial charge on any atom is 0.338 e. The minimum atomic E-state index is -0.454. The first-order valence-corrected chi connectivity index (χ1v) is 11.2. The Kier molecular flexibility index (Phi) is 9.56. The number of nitrogens with zero attached hydrogens (tertiary/aromatic N) is 1. The number of anilines is 1. The summed E-state index contributed by atoms with van der Waals surface area (Å²) in [5, 5.41) is 2.76. The monoisotopic (exact) mass is 459 g/mol. The van der Waals surface area contributed by atoms with Gasteiger partial charge in [-0.2, -0.15) is 0 Å². The summed E-state index contributed by atoms with van der Waals surface area (Å²) < 4.78 is 4.75. The van der Waals surface area contributed by atoms with Gasteiger partial charge < -0.3 is 15.8 Å². The minimum Gasteiger partial charge on any atom is -0.465 e. The fourth-order valence-electron chi connectivity index (χ4n) is 3.42. The molecule has 0 saturated carbocycles. The molecule has 0 bridgehead atoms. The summed E-state index contributed by atoms with van der Waals surface area (Å²) >= 11 is 0. The maximum atomic E-state index is 12.7. The van der Waals surface area contributed by atoms with E-state index in [4.69, 9.17) is 15.5 Å². The Labute approximate surface area is 201 Å². The summed E-state index contributed by atoms with van der Waals surface area (Å²) in [6.45, 7) is 11.7. The second-order valence-electron chi connectivity index (χ2n) is 7.81. The number of methoxy groups -OCH3 is 1. The summed E-state index contributed by atoms with van der Waals surface area (Å²) in [7, 11) is 1.33. The molecule has 6 nitrogen and oxygen atoms in total. The van der Waals surface area contributed by atoms with E-state index in [1.807, 2.05) is 19.1 Å². The SMILES string of the molecule is C=C\C=C(/N=C(/C=C(\N)C(=O)Nc1ccc(C(=O)OC)c(C)c1)CC)c1ccc(C)c(CC)c1. The predicted octanol–water partition coefficient (Wildman–Crippen LogP) is 5.51. The Morgan fingerprint density at radius 1 is 1.12 bits per heavy atom. The fourth-order valence-corrected chi connectivity index (χ4v) is 3.42. The van der Waals surface area contributed by atoms with Crippen molar-refractivity contribution in [2.24, 2.45) is 10.7 Å². The molecule has 0 heterocycles. The Bertz CT molecular complexity index is 1170. The number of rotatable bonds is 9. The first-order chi connectivity index (χ1) is 16.2. The number of benzene rings is 2. The van der Waals surface area contributed by atoms with E-state index in [0.717, 1.165) is 17.7 Å². The third kappa shape index (κ3) is 6.78. The van der Waals surface area contributed by atoms with Crippen LogP contribution in [0.3, 0.4) is 0 Å². The van der Waals surface area contributed by atoms with Crippen molar-refractivity contribution >= 4 is 29.0 Å². The number of ether oxygens (including phenoxy) is 1. The number of allylic oxidation sites excluding steroid dienone is 3. The van der Waals surface area contributed by atoms with Crippen LogP contribution < -0.4 is 11.1 Å². The molecule has 0 radical (unpaired) electrons. The van der Waals surface area contributed by atoms with Crippen LogP contribution in [-0.2, 0) is 16.0 Å². The average molecular weight is 460 g/mol. The molecule has 0 aliphatic heterocycles. The van der Waals surface area contributed by atoms with E-state index >= 15 is 0 Å². The van der Waals surface area contributed by atoms with E-state index in [-0.39, 0.29) is 5.70 Å². The summed E-state index contributed by atoms with van der Waals surface area (Å²) in [5.41, 5.74) is 12.7. The zero-order chi connectivity index (χ0) is 25.3. The molecule has 0 unspecified atom stereocenters. The van der Waals surface area contributed by atoms with Gasteiger partial charge in [0.2, 0.25) is 0 Å². The minimum absolute atomic E-state index is 0.0337. The topological polar surface area (TPSA) is 93.8 Å². The van der Waals surface area contributed by atoms with Crippen LogP contribution in [0.25, 0.3) is 5.70 Å². The molecule has 0 atom stereocenters. The number of carbonyl (C=O) groups excluding carboxylic acids is 2. The molecule has 0 saturated heterocycles. The summed E-state index contributed by atoms with van der Waals surface area (Å²) in [6, 6.07) is 11.2. The van der Waals surface area contributed by atoms with Gasteiger partial charge >= 0.3 is 5.97 Å². The van der Waals surface area contributed by atoms with Gasteiger partial charge in [-0.3, -0.25) is 9.79 Å². The van der Waals surface area contributed by atoms with Gasteiger partial charge in [0, 0.05) is 17.0 Å². The highest BCUT2D eigenvalue weighted by atomic mass is 16.5. The standard InChI is InChI=1S/C28H33N3O3/c1-7-10-26(21-12-11-18(4)20(8-2)16-21)30-22(9-3)17-25(29)27(32)31-23-13-14-24(19(5)15-23)28(33)34-6/h7,10-17H,1,8-9,29H2,2-6H3,(H,31,32)/b25-17-,26-10-,30-22+. The van der Waals surface area contributed by atoms with Crippen LogP contribution in [0.15, 0.2) is 71.9 Å². The zero-order valence-electron chi connectivity index (χ0n) is 20.6. The van der Waals surface area contributed by atoms with Crippen molar-refractivity contribution in [3.63, 3.8) is 0 Å². The first-order valence-electron chi connectivity index (χ1n) is 11.2. The van der Waals surface area contributed by atoms with Crippen LogP contribution in [0.4, 0.5) is 5.69 Å². The van der Waals surface area contributed by atoms with Gasteiger partial charge in [-0.1, -0.05) is 38.6 Å². The van der Waals surface area contributed by atoms with Gasteiger partial charge in [0.05, 0.1) is 24.1 Å². The molecule has 0 aromatic heterocycles. The predicted molar refractivity (Wildman–Crippen MR) is 140 cm³/mol. The van der Waals surface area contributed by atoms with Crippen molar-refractivity contribution in [1.29, 1.82) is 0 Å². The average Bonchev–Trinajstić information content (AvgIpc) is 2.83. The second-order valence-corrected chi connectivity index (χ2v) is 7.81. The zero-order valence-corrected chi connectivity index (χ0v) is 20.6. The molecule has 2 rings (SSSR count). The number of aryl methyl sites for hydroxylation is 3. The van der Waals surface area contributed by atoms with Crippen molar-refractivity contribution in [2.75, 3.05) is 12.4 Å². The fraction of sp³-hybridized carbons (Fsp3) is 0.250. The molecule has 178 valence electrons. The number of nitrogens with two attached hydrogens (primary N) is 1. The highest BCUT2D eigenvalue weighted by Gasteiger charge is 2.12. The third-order valence-electron chi connectivity index (χ3n) is 5.40. The van der Waals surface area contributed by atoms with Crippen LogP contribution in [0.1, 0.15) is 52.9 Å². The van der Waals surface area contributed by atoms with E-state index < -0.39 is 11.9 Å². The van der Waals surface area contributed by atoms with Crippen molar-refractivity contribution < 1.29 is 14.3 Å². The number of esters is 1. The Morgan fingerprint density at radius 2 is 1.85 bits per heavy atom. The molecule has 1 amide bonds. The van der Waals surface area contributed by atoms with E-state index in [9.17, 15) is 9.59 Å². The number of hydrogen-bond donors (Lipinski definition) is 2.